The standard InChI is InChI=1S/C29H43NO3/c1-5-7-16-27(23(4)31)28-18-17-24(20-26(28)12-6-2)21-30-19-11-13-22(3)33-29(32)25-14-9-8-10-15-25/h8-10,14-15,17-18,20,22-23,27,30-31H,5-7,11-13,16,19,21H2,1-4H3. The van der Waals surface area contributed by atoms with E-state index >= 15 is 0 Å². The molecule has 0 fully saturated rings. The van der Waals surface area contributed by atoms with Crippen LogP contribution in [-0.4, -0.2) is 29.8 Å². The molecule has 0 heterocycles. The van der Waals surface area contributed by atoms with Crippen LogP contribution in [-0.2, 0) is 17.7 Å². The molecular formula is C29H43NO3. The number of nitrogens with one attached hydrogen (secondary N) is 1. The van der Waals surface area contributed by atoms with Crippen molar-refractivity contribution in [3.8, 4) is 0 Å². The second-order valence-electron chi connectivity index (χ2n) is 9.17. The largest absolute Gasteiger partial charge is 0.459 e. The van der Waals surface area contributed by atoms with Crippen LogP contribution in [0.3, 0.4) is 0 Å². The van der Waals surface area contributed by atoms with Crippen molar-refractivity contribution in [2.45, 2.75) is 97.3 Å². The zero-order valence-corrected chi connectivity index (χ0v) is 21.0. The molecule has 2 aromatic carbocycles. The molecule has 0 saturated carbocycles. The summed E-state index contributed by atoms with van der Waals surface area (Å²) in [4.78, 5) is 12.1. The molecule has 0 bridgehead atoms. The third-order valence-corrected chi connectivity index (χ3v) is 6.19. The summed E-state index contributed by atoms with van der Waals surface area (Å²) in [7, 11) is 0. The van der Waals surface area contributed by atoms with E-state index in [9.17, 15) is 9.90 Å². The minimum absolute atomic E-state index is 0.101. The monoisotopic (exact) mass is 453 g/mol. The number of carbonyl (C=O) groups is 1. The molecule has 2 aromatic rings. The van der Waals surface area contributed by atoms with Gasteiger partial charge < -0.3 is 15.2 Å². The van der Waals surface area contributed by atoms with Crippen LogP contribution in [0.25, 0.3) is 0 Å². The quantitative estimate of drug-likeness (QED) is 0.242. The number of hydrogen-bond acceptors (Lipinski definition) is 4. The van der Waals surface area contributed by atoms with Gasteiger partial charge in [0.1, 0.15) is 0 Å². The highest BCUT2D eigenvalue weighted by molar-refractivity contribution is 5.89. The molecule has 0 aliphatic carbocycles. The van der Waals surface area contributed by atoms with E-state index in [1.807, 2.05) is 32.0 Å². The molecule has 0 radical (unpaired) electrons. The van der Waals surface area contributed by atoms with Crippen LogP contribution in [0.5, 0.6) is 0 Å². The number of esters is 1. The number of benzene rings is 2. The zero-order valence-electron chi connectivity index (χ0n) is 21.0. The van der Waals surface area contributed by atoms with E-state index in [1.165, 1.54) is 16.7 Å². The van der Waals surface area contributed by atoms with E-state index in [0.29, 0.717) is 5.56 Å². The number of aliphatic hydroxyl groups excluding tert-OH is 1. The molecule has 0 aromatic heterocycles. The van der Waals surface area contributed by atoms with Gasteiger partial charge in [0.15, 0.2) is 0 Å². The third kappa shape index (κ3) is 9.30. The van der Waals surface area contributed by atoms with Crippen molar-refractivity contribution in [2.75, 3.05) is 6.54 Å². The average molecular weight is 454 g/mol. The Morgan fingerprint density at radius 3 is 2.42 bits per heavy atom. The van der Waals surface area contributed by atoms with Crippen molar-refractivity contribution in [3.05, 3.63) is 70.8 Å². The van der Waals surface area contributed by atoms with Crippen LogP contribution < -0.4 is 5.32 Å². The highest BCUT2D eigenvalue weighted by Gasteiger charge is 2.20. The summed E-state index contributed by atoms with van der Waals surface area (Å²) in [6, 6.07) is 15.9. The minimum Gasteiger partial charge on any atom is -0.459 e. The molecule has 4 nitrogen and oxygen atoms in total. The second kappa shape index (κ2) is 14.9. The second-order valence-corrected chi connectivity index (χ2v) is 9.17. The molecule has 2 N–H and O–H groups in total. The number of rotatable bonds is 15. The van der Waals surface area contributed by atoms with Gasteiger partial charge in [0, 0.05) is 12.5 Å². The molecule has 0 saturated heterocycles. The van der Waals surface area contributed by atoms with Crippen LogP contribution >= 0.6 is 0 Å². The van der Waals surface area contributed by atoms with Crippen LogP contribution in [0.2, 0.25) is 0 Å². The van der Waals surface area contributed by atoms with Crippen LogP contribution in [0.1, 0.15) is 99.2 Å². The van der Waals surface area contributed by atoms with Gasteiger partial charge in [-0.15, -0.1) is 0 Å². The Kier molecular flexibility index (Phi) is 12.2. The smallest absolute Gasteiger partial charge is 0.338 e. The molecule has 3 atom stereocenters. The Morgan fingerprint density at radius 2 is 1.76 bits per heavy atom. The average Bonchev–Trinajstić information content (AvgIpc) is 2.80. The summed E-state index contributed by atoms with van der Waals surface area (Å²) in [5, 5.41) is 13.9. The maximum Gasteiger partial charge on any atom is 0.338 e. The van der Waals surface area contributed by atoms with Gasteiger partial charge >= 0.3 is 5.97 Å². The lowest BCUT2D eigenvalue weighted by molar-refractivity contribution is 0.0321. The summed E-state index contributed by atoms with van der Waals surface area (Å²) >= 11 is 0. The van der Waals surface area contributed by atoms with E-state index in [0.717, 1.165) is 58.0 Å². The molecule has 0 aliphatic rings. The lowest BCUT2D eigenvalue weighted by Gasteiger charge is -2.24. The van der Waals surface area contributed by atoms with Gasteiger partial charge in [0.25, 0.3) is 0 Å². The normalized spacial score (nSPS) is 14.0. The first kappa shape index (κ1) is 27.1. The summed E-state index contributed by atoms with van der Waals surface area (Å²) in [6.45, 7) is 9.99. The Labute approximate surface area is 200 Å². The van der Waals surface area contributed by atoms with E-state index in [1.54, 1.807) is 12.1 Å². The minimum atomic E-state index is -0.325. The first-order chi connectivity index (χ1) is 16.0. The maximum absolute atomic E-state index is 12.1. The lowest BCUT2D eigenvalue weighted by atomic mass is 9.84. The Morgan fingerprint density at radius 1 is 1.00 bits per heavy atom. The van der Waals surface area contributed by atoms with Crippen molar-refractivity contribution in [3.63, 3.8) is 0 Å². The summed E-state index contributed by atoms with van der Waals surface area (Å²) in [5.41, 5.74) is 4.57. The van der Waals surface area contributed by atoms with Gasteiger partial charge in [-0.1, -0.05) is 69.5 Å². The van der Waals surface area contributed by atoms with Gasteiger partial charge in [-0.05, 0) is 74.9 Å². The van der Waals surface area contributed by atoms with Crippen molar-refractivity contribution >= 4 is 5.97 Å². The van der Waals surface area contributed by atoms with E-state index in [2.05, 4.69) is 37.4 Å². The van der Waals surface area contributed by atoms with E-state index < -0.39 is 0 Å². The molecule has 0 amide bonds. The molecule has 182 valence electrons. The Balaban J connectivity index is 1.82. The first-order valence-electron chi connectivity index (χ1n) is 12.7. The predicted octanol–water partition coefficient (Wildman–Crippen LogP) is 6.41. The van der Waals surface area contributed by atoms with Gasteiger partial charge in [-0.3, -0.25) is 0 Å². The van der Waals surface area contributed by atoms with Gasteiger partial charge in [-0.2, -0.15) is 0 Å². The van der Waals surface area contributed by atoms with E-state index in [4.69, 9.17) is 4.74 Å². The molecule has 4 heteroatoms. The SMILES string of the molecule is CCCCC(c1ccc(CNCCCC(C)OC(=O)c2ccccc2)cc1CCC)C(C)O. The summed E-state index contributed by atoms with van der Waals surface area (Å²) in [6.07, 6.45) is 6.83. The number of ether oxygens (including phenoxy) is 1. The Hall–Kier alpha value is -2.17. The maximum atomic E-state index is 12.1. The predicted molar refractivity (Wildman–Crippen MR) is 137 cm³/mol. The number of hydrogen-bond donors (Lipinski definition) is 2. The number of aryl methyl sites for hydroxylation is 1. The fourth-order valence-corrected chi connectivity index (χ4v) is 4.33. The zero-order chi connectivity index (χ0) is 24.1. The summed E-state index contributed by atoms with van der Waals surface area (Å²) < 4.78 is 5.54. The molecule has 3 unspecified atom stereocenters. The molecule has 33 heavy (non-hydrogen) atoms. The molecule has 0 spiro atoms. The lowest BCUT2D eigenvalue weighted by Crippen LogP contribution is -2.20. The van der Waals surface area contributed by atoms with Crippen molar-refractivity contribution in [1.29, 1.82) is 0 Å². The van der Waals surface area contributed by atoms with E-state index in [-0.39, 0.29) is 24.1 Å². The van der Waals surface area contributed by atoms with Gasteiger partial charge in [0.2, 0.25) is 0 Å². The number of aliphatic hydroxyl groups is 1. The molecular weight excluding hydrogens is 410 g/mol. The Bertz CT molecular complexity index is 819. The fourth-order valence-electron chi connectivity index (χ4n) is 4.33. The van der Waals surface area contributed by atoms with Crippen LogP contribution in [0.4, 0.5) is 0 Å². The highest BCUT2D eigenvalue weighted by Crippen LogP contribution is 2.30. The highest BCUT2D eigenvalue weighted by atomic mass is 16.5. The van der Waals surface area contributed by atoms with Crippen LogP contribution in [0, 0.1) is 0 Å². The molecule has 0 aliphatic heterocycles. The molecule has 2 rings (SSSR count). The first-order valence-corrected chi connectivity index (χ1v) is 12.7. The number of carbonyl (C=O) groups excluding carboxylic acids is 1. The fraction of sp³-hybridized carbons (Fsp3) is 0.552. The van der Waals surface area contributed by atoms with Crippen molar-refractivity contribution < 1.29 is 14.6 Å². The number of unbranched alkanes of at least 4 members (excludes halogenated alkanes) is 1. The van der Waals surface area contributed by atoms with Crippen molar-refractivity contribution in [2.24, 2.45) is 0 Å². The van der Waals surface area contributed by atoms with Gasteiger partial charge in [-0.25, -0.2) is 4.79 Å². The summed E-state index contributed by atoms with van der Waals surface area (Å²) in [5.74, 6) is -0.0392. The van der Waals surface area contributed by atoms with Crippen LogP contribution in [0.15, 0.2) is 48.5 Å². The van der Waals surface area contributed by atoms with Crippen molar-refractivity contribution in [1.82, 2.24) is 5.32 Å². The third-order valence-electron chi connectivity index (χ3n) is 6.19. The van der Waals surface area contributed by atoms with Gasteiger partial charge in [0.05, 0.1) is 17.8 Å². The topological polar surface area (TPSA) is 58.6 Å².